The predicted molar refractivity (Wildman–Crippen MR) is 53.9 cm³/mol. The van der Waals surface area contributed by atoms with Gasteiger partial charge in [-0.2, -0.15) is 0 Å². The van der Waals surface area contributed by atoms with E-state index in [-0.39, 0.29) is 4.86 Å². The number of hydrogen-bond acceptors (Lipinski definition) is 3. The van der Waals surface area contributed by atoms with Gasteiger partial charge in [-0.25, -0.2) is 4.98 Å². The first-order valence-electron chi connectivity index (χ1n) is 3.75. The third-order valence-corrected chi connectivity index (χ3v) is 2.02. The Labute approximate surface area is 79.8 Å². The van der Waals surface area contributed by atoms with E-state index in [1.54, 1.807) is 0 Å². The smallest absolute Gasteiger partial charge is 0.164 e. The summed E-state index contributed by atoms with van der Waals surface area (Å²) in [5, 5.41) is 0. The molecule has 0 saturated carbocycles. The van der Waals surface area contributed by atoms with Crippen molar-refractivity contribution in [1.82, 2.24) is 9.97 Å². The van der Waals surface area contributed by atoms with Crippen molar-refractivity contribution in [3.8, 4) is 0 Å². The summed E-state index contributed by atoms with van der Waals surface area (Å²) in [6, 6.07) is 7.53. The highest BCUT2D eigenvalue weighted by atomic mass is 32.1. The Hall–Kier alpha value is -1.55. The highest BCUT2D eigenvalue weighted by molar-refractivity contribution is 7.82. The number of carbonyl (C=O) groups is 1. The molecule has 0 unspecified atom stereocenters. The predicted octanol–water partition coefficient (Wildman–Crippen LogP) is 1.48. The standard InChI is InChI=1S/C9H6N2OS/c12-5-8(13)9-10-6-3-1-2-4-7(6)11-9/h1-5H,(H,10,11). The van der Waals surface area contributed by atoms with Gasteiger partial charge in [-0.05, 0) is 12.1 Å². The Morgan fingerprint density at radius 1 is 1.46 bits per heavy atom. The number of aromatic amines is 1. The highest BCUT2D eigenvalue weighted by Crippen LogP contribution is 2.10. The number of carbonyl (C=O) groups excluding carboxylic acids is 1. The summed E-state index contributed by atoms with van der Waals surface area (Å²) in [6.45, 7) is 0. The van der Waals surface area contributed by atoms with E-state index in [1.807, 2.05) is 24.3 Å². The summed E-state index contributed by atoms with van der Waals surface area (Å²) < 4.78 is 0. The third-order valence-electron chi connectivity index (χ3n) is 1.73. The van der Waals surface area contributed by atoms with Gasteiger partial charge in [0.25, 0.3) is 0 Å². The summed E-state index contributed by atoms with van der Waals surface area (Å²) in [6.07, 6.45) is 0.618. The van der Waals surface area contributed by atoms with Crippen molar-refractivity contribution in [3.63, 3.8) is 0 Å². The van der Waals surface area contributed by atoms with E-state index in [0.717, 1.165) is 11.0 Å². The lowest BCUT2D eigenvalue weighted by Gasteiger charge is -1.84. The van der Waals surface area contributed by atoms with Crippen molar-refractivity contribution < 1.29 is 4.79 Å². The number of H-pyrrole nitrogens is 1. The maximum Gasteiger partial charge on any atom is 0.164 e. The molecule has 1 aromatic carbocycles. The molecular weight excluding hydrogens is 184 g/mol. The van der Waals surface area contributed by atoms with Gasteiger partial charge in [0.15, 0.2) is 12.1 Å². The number of benzene rings is 1. The molecule has 4 heteroatoms. The fourth-order valence-electron chi connectivity index (χ4n) is 1.13. The fourth-order valence-corrected chi connectivity index (χ4v) is 1.22. The molecule has 2 rings (SSSR count). The van der Waals surface area contributed by atoms with E-state index < -0.39 is 0 Å². The van der Waals surface area contributed by atoms with Crippen LogP contribution in [0.15, 0.2) is 24.3 Å². The molecule has 0 atom stereocenters. The van der Waals surface area contributed by atoms with Gasteiger partial charge in [-0.1, -0.05) is 24.4 Å². The van der Waals surface area contributed by atoms with Crippen LogP contribution in [0, 0.1) is 0 Å². The van der Waals surface area contributed by atoms with Crippen molar-refractivity contribution in [2.45, 2.75) is 0 Å². The zero-order chi connectivity index (χ0) is 9.26. The summed E-state index contributed by atoms with van der Waals surface area (Å²) in [5.74, 6) is 0.464. The SMILES string of the molecule is O=CC(=S)c1nc2ccccc2[nH]1. The third kappa shape index (κ3) is 1.36. The van der Waals surface area contributed by atoms with E-state index in [9.17, 15) is 4.79 Å². The topological polar surface area (TPSA) is 45.8 Å². The average Bonchev–Trinajstić information content (AvgIpc) is 2.59. The van der Waals surface area contributed by atoms with E-state index in [2.05, 4.69) is 9.97 Å². The molecule has 3 nitrogen and oxygen atoms in total. The van der Waals surface area contributed by atoms with Crippen molar-refractivity contribution in [2.75, 3.05) is 0 Å². The first-order chi connectivity index (χ1) is 6.31. The van der Waals surface area contributed by atoms with Crippen LogP contribution in [0.3, 0.4) is 0 Å². The molecule has 1 N–H and O–H groups in total. The number of nitrogens with one attached hydrogen (secondary N) is 1. The number of aldehydes is 1. The minimum Gasteiger partial charge on any atom is -0.337 e. The lowest BCUT2D eigenvalue weighted by molar-refractivity contribution is -0.102. The van der Waals surface area contributed by atoms with Gasteiger partial charge in [0.05, 0.1) is 11.0 Å². The lowest BCUT2D eigenvalue weighted by Crippen LogP contribution is -1.99. The van der Waals surface area contributed by atoms with Crippen LogP contribution in [-0.2, 0) is 4.79 Å². The number of nitrogens with zero attached hydrogens (tertiary/aromatic N) is 1. The monoisotopic (exact) mass is 190 g/mol. The van der Waals surface area contributed by atoms with Gasteiger partial charge in [0.1, 0.15) is 4.86 Å². The van der Waals surface area contributed by atoms with Crippen LogP contribution in [0.2, 0.25) is 0 Å². The van der Waals surface area contributed by atoms with Gasteiger partial charge in [0.2, 0.25) is 0 Å². The van der Waals surface area contributed by atoms with Gasteiger partial charge in [-0.3, -0.25) is 4.79 Å². The molecule has 1 heterocycles. The zero-order valence-electron chi connectivity index (χ0n) is 6.65. The van der Waals surface area contributed by atoms with Crippen LogP contribution < -0.4 is 0 Å². The summed E-state index contributed by atoms with van der Waals surface area (Å²) >= 11 is 4.80. The first kappa shape index (κ1) is 8.07. The molecule has 0 fully saturated rings. The van der Waals surface area contributed by atoms with Crippen LogP contribution >= 0.6 is 12.2 Å². The number of thiocarbonyl (C=S) groups is 1. The second-order valence-corrected chi connectivity index (χ2v) is 3.02. The Morgan fingerprint density at radius 3 is 2.92 bits per heavy atom. The summed E-state index contributed by atoms with van der Waals surface area (Å²) in [4.78, 5) is 17.7. The van der Waals surface area contributed by atoms with Crippen molar-refractivity contribution >= 4 is 34.4 Å². The van der Waals surface area contributed by atoms with Crippen LogP contribution in [0.4, 0.5) is 0 Å². The molecule has 0 spiro atoms. The highest BCUT2D eigenvalue weighted by Gasteiger charge is 2.05. The molecule has 1 aromatic heterocycles. The molecule has 0 amide bonds. The molecule has 64 valence electrons. The first-order valence-corrected chi connectivity index (χ1v) is 4.16. The van der Waals surface area contributed by atoms with Crippen molar-refractivity contribution in [3.05, 3.63) is 30.1 Å². The summed E-state index contributed by atoms with van der Waals surface area (Å²) in [5.41, 5.74) is 1.71. The molecule has 0 radical (unpaired) electrons. The van der Waals surface area contributed by atoms with Crippen molar-refractivity contribution in [2.24, 2.45) is 0 Å². The Balaban J connectivity index is 2.62. The number of hydrogen-bond donors (Lipinski definition) is 1. The number of rotatable bonds is 2. The fraction of sp³-hybridized carbons (Fsp3) is 0. The minimum atomic E-state index is 0.205. The summed E-state index contributed by atoms with van der Waals surface area (Å²) in [7, 11) is 0. The van der Waals surface area contributed by atoms with Crippen molar-refractivity contribution in [1.29, 1.82) is 0 Å². The second-order valence-electron chi connectivity index (χ2n) is 2.58. The molecular formula is C9H6N2OS. The van der Waals surface area contributed by atoms with Crippen LogP contribution in [0.5, 0.6) is 0 Å². The number of aromatic nitrogens is 2. The maximum absolute atomic E-state index is 10.4. The van der Waals surface area contributed by atoms with E-state index >= 15 is 0 Å². The van der Waals surface area contributed by atoms with Gasteiger partial charge < -0.3 is 4.98 Å². The molecule has 2 aromatic rings. The molecule has 0 aliphatic carbocycles. The quantitative estimate of drug-likeness (QED) is 0.443. The van der Waals surface area contributed by atoms with E-state index in [1.165, 1.54) is 0 Å². The molecule has 0 saturated heterocycles. The Bertz CT molecular complexity index is 442. The van der Waals surface area contributed by atoms with Gasteiger partial charge >= 0.3 is 0 Å². The molecule has 0 aliphatic rings. The molecule has 0 aliphatic heterocycles. The van der Waals surface area contributed by atoms with E-state index in [4.69, 9.17) is 12.2 Å². The van der Waals surface area contributed by atoms with Crippen LogP contribution in [0.1, 0.15) is 5.82 Å². The average molecular weight is 190 g/mol. The van der Waals surface area contributed by atoms with Gasteiger partial charge in [-0.15, -0.1) is 0 Å². The second kappa shape index (κ2) is 3.06. The number of imidazole rings is 1. The lowest BCUT2D eigenvalue weighted by atomic mass is 10.3. The number of fused-ring (bicyclic) bond motifs is 1. The Morgan fingerprint density at radius 2 is 2.23 bits per heavy atom. The largest absolute Gasteiger partial charge is 0.337 e. The van der Waals surface area contributed by atoms with Crippen LogP contribution in [0.25, 0.3) is 11.0 Å². The van der Waals surface area contributed by atoms with E-state index in [0.29, 0.717) is 12.1 Å². The Kier molecular flexibility index (Phi) is 1.90. The number of para-hydroxylation sites is 2. The van der Waals surface area contributed by atoms with Gasteiger partial charge in [0, 0.05) is 0 Å². The molecule has 0 bridgehead atoms. The zero-order valence-corrected chi connectivity index (χ0v) is 7.47. The maximum atomic E-state index is 10.4. The minimum absolute atomic E-state index is 0.205. The normalized spacial score (nSPS) is 10.2. The van der Waals surface area contributed by atoms with Crippen LogP contribution in [-0.4, -0.2) is 21.1 Å². The molecule has 13 heavy (non-hydrogen) atoms.